The van der Waals surface area contributed by atoms with Crippen molar-refractivity contribution in [1.82, 2.24) is 14.2 Å². The molecule has 0 fully saturated rings. The van der Waals surface area contributed by atoms with Crippen molar-refractivity contribution in [2.24, 2.45) is 0 Å². The molecule has 0 aliphatic carbocycles. The van der Waals surface area contributed by atoms with E-state index in [0.29, 0.717) is 4.99 Å². The second kappa shape index (κ2) is 9.96. The second-order valence-electron chi connectivity index (χ2n) is 11.5. The van der Waals surface area contributed by atoms with Crippen molar-refractivity contribution in [1.29, 1.82) is 0 Å². The Balaban J connectivity index is 1.58. The highest BCUT2D eigenvalue weighted by molar-refractivity contribution is 7.81. The van der Waals surface area contributed by atoms with E-state index in [0.717, 1.165) is 75.9 Å². The molecule has 0 amide bonds. The Morgan fingerprint density at radius 3 is 2.31 bits per heavy atom. The minimum Gasteiger partial charge on any atom is -0.345 e. The number of rotatable bonds is 4. The Bertz CT molecular complexity index is 1690. The monoisotopic (exact) mass is 552 g/mol. The van der Waals surface area contributed by atoms with Crippen LogP contribution < -0.4 is 5.32 Å². The van der Waals surface area contributed by atoms with Gasteiger partial charge in [-0.1, -0.05) is 99.2 Å². The Morgan fingerprint density at radius 2 is 1.62 bits per heavy atom. The van der Waals surface area contributed by atoms with E-state index in [1.165, 1.54) is 11.1 Å². The molecule has 2 aromatic heterocycles. The third-order valence-corrected chi connectivity index (χ3v) is 8.28. The van der Waals surface area contributed by atoms with Gasteiger partial charge in [-0.15, -0.1) is 5.10 Å². The van der Waals surface area contributed by atoms with Gasteiger partial charge in [0.15, 0.2) is 5.82 Å². The molecule has 0 saturated carbocycles. The summed E-state index contributed by atoms with van der Waals surface area (Å²) < 4.78 is 4.49. The van der Waals surface area contributed by atoms with Crippen LogP contribution in [0.5, 0.6) is 0 Å². The van der Waals surface area contributed by atoms with Crippen LogP contribution in [0.1, 0.15) is 56.0 Å². The predicted octanol–water partition coefficient (Wildman–Crippen LogP) is 8.85. The number of aromatic nitrogens is 3. The fourth-order valence-corrected chi connectivity index (χ4v) is 6.03. The van der Waals surface area contributed by atoms with Crippen molar-refractivity contribution in [3.63, 3.8) is 0 Å². The van der Waals surface area contributed by atoms with Crippen molar-refractivity contribution in [2.45, 2.75) is 58.9 Å². The SMILES string of the molecule is Cc1ccccc1NC(=S)c1c(-c2ccc(Cl)cc2)c2c3n(c(-c4ccc(C(C)(C)C)cc4)nn13)CCCC2. The van der Waals surface area contributed by atoms with Gasteiger partial charge < -0.3 is 9.88 Å². The van der Waals surface area contributed by atoms with Gasteiger partial charge in [0.05, 0.1) is 0 Å². The predicted molar refractivity (Wildman–Crippen MR) is 167 cm³/mol. The molecule has 6 heteroatoms. The van der Waals surface area contributed by atoms with Crippen LogP contribution in [0.2, 0.25) is 5.02 Å². The number of para-hydroxylation sites is 1. The summed E-state index contributed by atoms with van der Waals surface area (Å²) in [6.45, 7) is 9.75. The van der Waals surface area contributed by atoms with Crippen LogP contribution in [0, 0.1) is 6.92 Å². The lowest BCUT2D eigenvalue weighted by molar-refractivity contribution is 0.590. The van der Waals surface area contributed by atoms with Crippen molar-refractivity contribution in [3.8, 4) is 22.5 Å². The van der Waals surface area contributed by atoms with Gasteiger partial charge in [0.2, 0.25) is 0 Å². The number of anilines is 1. The van der Waals surface area contributed by atoms with Gasteiger partial charge in [0, 0.05) is 33.9 Å². The summed E-state index contributed by atoms with van der Waals surface area (Å²) in [4.78, 5) is 0.662. The van der Waals surface area contributed by atoms with Gasteiger partial charge in [-0.25, -0.2) is 4.52 Å². The Morgan fingerprint density at radius 1 is 0.923 bits per heavy atom. The normalized spacial score (nSPS) is 13.5. The van der Waals surface area contributed by atoms with E-state index in [1.807, 2.05) is 24.3 Å². The molecule has 5 aromatic rings. The summed E-state index contributed by atoms with van der Waals surface area (Å²) >= 11 is 12.4. The highest BCUT2D eigenvalue weighted by Gasteiger charge is 2.29. The lowest BCUT2D eigenvalue weighted by atomic mass is 9.87. The van der Waals surface area contributed by atoms with Gasteiger partial charge in [-0.2, -0.15) is 0 Å². The van der Waals surface area contributed by atoms with Crippen LogP contribution in [-0.2, 0) is 18.4 Å². The van der Waals surface area contributed by atoms with E-state index in [1.54, 1.807) is 0 Å². The molecule has 198 valence electrons. The zero-order valence-electron chi connectivity index (χ0n) is 22.9. The quantitative estimate of drug-likeness (QED) is 0.226. The minimum absolute atomic E-state index is 0.102. The van der Waals surface area contributed by atoms with Gasteiger partial charge in [-0.05, 0) is 66.5 Å². The number of hydrogen-bond acceptors (Lipinski definition) is 2. The number of nitrogens with zero attached hydrogens (tertiary/aromatic N) is 3. The van der Waals surface area contributed by atoms with E-state index in [9.17, 15) is 0 Å². The molecule has 3 heterocycles. The van der Waals surface area contributed by atoms with Gasteiger partial charge in [-0.3, -0.25) is 0 Å². The summed E-state index contributed by atoms with van der Waals surface area (Å²) in [6.07, 6.45) is 3.19. The first-order chi connectivity index (χ1) is 18.7. The van der Waals surface area contributed by atoms with Crippen LogP contribution >= 0.6 is 23.8 Å². The summed E-state index contributed by atoms with van der Waals surface area (Å²) in [5.74, 6) is 0.983. The first kappa shape index (κ1) is 25.8. The lowest BCUT2D eigenvalue weighted by Crippen LogP contribution is -2.15. The maximum Gasteiger partial charge on any atom is 0.162 e. The molecule has 0 unspecified atom stereocenters. The first-order valence-electron chi connectivity index (χ1n) is 13.6. The summed E-state index contributed by atoms with van der Waals surface area (Å²) in [5.41, 5.74) is 10.3. The molecule has 1 aliphatic rings. The lowest BCUT2D eigenvalue weighted by Gasteiger charge is -2.19. The van der Waals surface area contributed by atoms with Gasteiger partial charge in [0.25, 0.3) is 0 Å². The van der Waals surface area contributed by atoms with Crippen LogP contribution in [-0.4, -0.2) is 19.2 Å². The highest BCUT2D eigenvalue weighted by Crippen LogP contribution is 2.39. The smallest absolute Gasteiger partial charge is 0.162 e. The van der Waals surface area contributed by atoms with E-state index >= 15 is 0 Å². The van der Waals surface area contributed by atoms with Crippen LogP contribution in [0.25, 0.3) is 28.2 Å². The summed E-state index contributed by atoms with van der Waals surface area (Å²) in [5, 5.41) is 9.53. The van der Waals surface area contributed by atoms with Crippen molar-refractivity contribution >= 4 is 40.1 Å². The van der Waals surface area contributed by atoms with Crippen molar-refractivity contribution in [2.75, 3.05) is 5.32 Å². The average Bonchev–Trinajstić information content (AvgIpc) is 3.33. The minimum atomic E-state index is 0.102. The van der Waals surface area contributed by atoms with E-state index in [-0.39, 0.29) is 5.41 Å². The standard InChI is InChI=1S/C33H33ClN4S/c1-21-9-5-6-11-27(21)35-31(39)29-28(22-14-18-25(34)19-15-22)26-10-7-8-20-37-30(36-38(29)32(26)37)23-12-16-24(17-13-23)33(2,3)4/h5-6,9,11-19H,7-8,10,20H2,1-4H3,(H,35,39). The number of nitrogens with one attached hydrogen (secondary N) is 1. The summed E-state index contributed by atoms with van der Waals surface area (Å²) in [7, 11) is 0. The van der Waals surface area contributed by atoms with E-state index < -0.39 is 0 Å². The zero-order valence-corrected chi connectivity index (χ0v) is 24.5. The fourth-order valence-electron chi connectivity index (χ4n) is 5.60. The number of benzene rings is 3. The number of thiocarbonyl (C=S) groups is 1. The molecule has 39 heavy (non-hydrogen) atoms. The molecule has 1 aliphatic heterocycles. The Labute approximate surface area is 240 Å². The number of halogens is 1. The molecule has 0 radical (unpaired) electrons. The van der Waals surface area contributed by atoms with Crippen LogP contribution in [0.4, 0.5) is 5.69 Å². The van der Waals surface area contributed by atoms with Gasteiger partial charge >= 0.3 is 0 Å². The largest absolute Gasteiger partial charge is 0.345 e. The van der Waals surface area contributed by atoms with E-state index in [4.69, 9.17) is 28.9 Å². The molecule has 6 rings (SSSR count). The Hall–Kier alpha value is -3.41. The van der Waals surface area contributed by atoms with Crippen LogP contribution in [0.15, 0.2) is 72.8 Å². The number of hydrogen-bond donors (Lipinski definition) is 1. The van der Waals surface area contributed by atoms with Crippen molar-refractivity contribution in [3.05, 3.63) is 100 Å². The highest BCUT2D eigenvalue weighted by atomic mass is 35.5. The zero-order chi connectivity index (χ0) is 27.3. The molecular formula is C33H33ClN4S. The molecule has 4 nitrogen and oxygen atoms in total. The maximum atomic E-state index is 6.29. The van der Waals surface area contributed by atoms with E-state index in [2.05, 4.69) is 90.6 Å². The van der Waals surface area contributed by atoms with Crippen LogP contribution in [0.3, 0.4) is 0 Å². The third kappa shape index (κ3) is 4.68. The van der Waals surface area contributed by atoms with Gasteiger partial charge in [0.1, 0.15) is 16.3 Å². The topological polar surface area (TPSA) is 34.3 Å². The molecular weight excluding hydrogens is 520 g/mol. The molecule has 1 N–H and O–H groups in total. The third-order valence-electron chi connectivity index (χ3n) is 7.74. The second-order valence-corrected chi connectivity index (χ2v) is 12.3. The molecule has 0 spiro atoms. The summed E-state index contributed by atoms with van der Waals surface area (Å²) in [6, 6.07) is 25.2. The average molecular weight is 553 g/mol. The van der Waals surface area contributed by atoms with Crippen molar-refractivity contribution < 1.29 is 0 Å². The molecule has 3 aromatic carbocycles. The molecule has 0 bridgehead atoms. The first-order valence-corrected chi connectivity index (χ1v) is 14.4. The maximum absolute atomic E-state index is 6.29. The molecule has 0 saturated heterocycles. The Kier molecular flexibility index (Phi) is 6.60. The fraction of sp³-hybridized carbons (Fsp3) is 0.273. The number of aryl methyl sites for hydroxylation is 3. The molecule has 0 atom stereocenters.